The molecule has 2 heterocycles. The number of rotatable bonds is 5. The minimum atomic E-state index is -0.464. The lowest BCUT2D eigenvalue weighted by Crippen LogP contribution is -2.33. The van der Waals surface area contributed by atoms with Crippen LogP contribution in [0.4, 0.5) is 5.13 Å². The van der Waals surface area contributed by atoms with Crippen LogP contribution in [0, 0.1) is 0 Å². The van der Waals surface area contributed by atoms with Crippen molar-refractivity contribution in [3.63, 3.8) is 0 Å². The van der Waals surface area contributed by atoms with Gasteiger partial charge in [-0.2, -0.15) is 0 Å². The van der Waals surface area contributed by atoms with Crippen LogP contribution < -0.4 is 10.6 Å². The minimum Gasteiger partial charge on any atom is -0.343 e. The standard InChI is InChI=1S/C15H10Cl2N4O2S2/c16-8-3-4-9(10(17)6-8)13(23)18-7-12(22)19-15-21-20-14(25-15)11-2-1-5-24-11/h1-6H,7H2,(H,18,23)(H,19,21,22). The highest BCUT2D eigenvalue weighted by atomic mass is 35.5. The van der Waals surface area contributed by atoms with E-state index in [4.69, 9.17) is 23.2 Å². The molecule has 0 aliphatic carbocycles. The molecule has 0 radical (unpaired) electrons. The van der Waals surface area contributed by atoms with Gasteiger partial charge in [0.15, 0.2) is 5.01 Å². The predicted molar refractivity (Wildman–Crippen MR) is 101 cm³/mol. The molecular formula is C15H10Cl2N4O2S2. The molecule has 2 N–H and O–H groups in total. The Bertz CT molecular complexity index is 912. The molecule has 128 valence electrons. The summed E-state index contributed by atoms with van der Waals surface area (Å²) in [6.07, 6.45) is 0. The topological polar surface area (TPSA) is 84.0 Å². The average Bonchev–Trinajstić information content (AvgIpc) is 3.23. The molecule has 0 atom stereocenters. The summed E-state index contributed by atoms with van der Waals surface area (Å²) in [5.41, 5.74) is 0.245. The second-order valence-electron chi connectivity index (χ2n) is 4.74. The summed E-state index contributed by atoms with van der Waals surface area (Å²) < 4.78 is 0. The average molecular weight is 413 g/mol. The Labute approximate surface area is 160 Å². The summed E-state index contributed by atoms with van der Waals surface area (Å²) in [5, 5.41) is 16.7. The molecule has 0 aliphatic heterocycles. The van der Waals surface area contributed by atoms with Crippen LogP contribution in [-0.2, 0) is 4.79 Å². The van der Waals surface area contributed by atoms with Crippen LogP contribution in [0.25, 0.3) is 9.88 Å². The lowest BCUT2D eigenvalue weighted by atomic mass is 10.2. The van der Waals surface area contributed by atoms with E-state index in [1.165, 1.54) is 34.8 Å². The molecule has 0 fully saturated rings. The number of hydrogen-bond acceptors (Lipinski definition) is 6. The molecule has 0 aliphatic rings. The van der Waals surface area contributed by atoms with Crippen LogP contribution in [0.5, 0.6) is 0 Å². The molecule has 0 spiro atoms. The number of halogens is 2. The molecule has 2 aromatic heterocycles. The number of nitrogens with zero attached hydrogens (tertiary/aromatic N) is 2. The molecule has 0 saturated carbocycles. The Morgan fingerprint density at radius 1 is 1.16 bits per heavy atom. The first-order chi connectivity index (χ1) is 12.0. The molecule has 10 heteroatoms. The van der Waals surface area contributed by atoms with E-state index in [1.54, 1.807) is 6.07 Å². The maximum atomic E-state index is 12.1. The van der Waals surface area contributed by atoms with E-state index < -0.39 is 11.8 Å². The lowest BCUT2D eigenvalue weighted by Gasteiger charge is -2.06. The Morgan fingerprint density at radius 2 is 2.00 bits per heavy atom. The highest BCUT2D eigenvalue weighted by Gasteiger charge is 2.14. The van der Waals surface area contributed by atoms with Gasteiger partial charge in [0.1, 0.15) is 0 Å². The fourth-order valence-electron chi connectivity index (χ4n) is 1.87. The van der Waals surface area contributed by atoms with Gasteiger partial charge < -0.3 is 5.32 Å². The zero-order valence-electron chi connectivity index (χ0n) is 12.5. The van der Waals surface area contributed by atoms with Gasteiger partial charge in [0, 0.05) is 5.02 Å². The molecule has 0 unspecified atom stereocenters. The first-order valence-corrected chi connectivity index (χ1v) is 9.38. The van der Waals surface area contributed by atoms with Crippen molar-refractivity contribution in [1.82, 2.24) is 15.5 Å². The molecule has 3 rings (SSSR count). The first kappa shape index (κ1) is 17.8. The largest absolute Gasteiger partial charge is 0.343 e. The van der Waals surface area contributed by atoms with Gasteiger partial charge in [-0.05, 0) is 29.6 Å². The number of carbonyl (C=O) groups excluding carboxylic acids is 2. The number of benzene rings is 1. The van der Waals surface area contributed by atoms with Crippen molar-refractivity contribution >= 4 is 62.8 Å². The fraction of sp³-hybridized carbons (Fsp3) is 0.0667. The second-order valence-corrected chi connectivity index (χ2v) is 7.51. The molecule has 2 amide bonds. The SMILES string of the molecule is O=C(CNC(=O)c1ccc(Cl)cc1Cl)Nc1nnc(-c2cccs2)s1. The van der Waals surface area contributed by atoms with Crippen LogP contribution in [0.2, 0.25) is 10.0 Å². The second kappa shape index (κ2) is 7.92. The van der Waals surface area contributed by atoms with Gasteiger partial charge in [0.2, 0.25) is 11.0 Å². The summed E-state index contributed by atoms with van der Waals surface area (Å²) in [6.45, 7) is -0.217. The minimum absolute atomic E-state index is 0.217. The molecule has 1 aromatic carbocycles. The van der Waals surface area contributed by atoms with E-state index in [0.717, 1.165) is 9.88 Å². The number of hydrogen-bond donors (Lipinski definition) is 2. The van der Waals surface area contributed by atoms with Crippen LogP contribution in [0.1, 0.15) is 10.4 Å². The van der Waals surface area contributed by atoms with E-state index in [0.29, 0.717) is 10.2 Å². The van der Waals surface area contributed by atoms with Gasteiger partial charge in [-0.1, -0.05) is 40.6 Å². The Hall–Kier alpha value is -2.00. The third kappa shape index (κ3) is 4.55. The summed E-state index contributed by atoms with van der Waals surface area (Å²) >= 11 is 14.5. The van der Waals surface area contributed by atoms with Crippen molar-refractivity contribution in [2.24, 2.45) is 0 Å². The summed E-state index contributed by atoms with van der Waals surface area (Å²) in [6, 6.07) is 8.35. The number of amides is 2. The maximum Gasteiger partial charge on any atom is 0.253 e. The number of thiophene rings is 1. The van der Waals surface area contributed by atoms with E-state index in [9.17, 15) is 9.59 Å². The van der Waals surface area contributed by atoms with Crippen LogP contribution in [0.15, 0.2) is 35.7 Å². The molecule has 6 nitrogen and oxygen atoms in total. The molecule has 0 saturated heterocycles. The molecule has 25 heavy (non-hydrogen) atoms. The third-order valence-electron chi connectivity index (χ3n) is 2.99. The molecular weight excluding hydrogens is 403 g/mol. The Balaban J connectivity index is 1.55. The lowest BCUT2D eigenvalue weighted by molar-refractivity contribution is -0.115. The van der Waals surface area contributed by atoms with Crippen molar-refractivity contribution in [2.75, 3.05) is 11.9 Å². The number of carbonyl (C=O) groups is 2. The van der Waals surface area contributed by atoms with E-state index in [2.05, 4.69) is 20.8 Å². The Morgan fingerprint density at radius 3 is 2.72 bits per heavy atom. The monoisotopic (exact) mass is 412 g/mol. The van der Waals surface area contributed by atoms with Gasteiger partial charge in [-0.15, -0.1) is 21.5 Å². The summed E-state index contributed by atoms with van der Waals surface area (Å²) in [7, 11) is 0. The van der Waals surface area contributed by atoms with E-state index >= 15 is 0 Å². The van der Waals surface area contributed by atoms with Crippen molar-refractivity contribution in [3.05, 3.63) is 51.3 Å². The van der Waals surface area contributed by atoms with Crippen LogP contribution >= 0.6 is 45.9 Å². The molecule has 0 bridgehead atoms. The number of aromatic nitrogens is 2. The zero-order valence-corrected chi connectivity index (χ0v) is 15.6. The highest BCUT2D eigenvalue weighted by Crippen LogP contribution is 2.29. The van der Waals surface area contributed by atoms with Crippen molar-refractivity contribution in [3.8, 4) is 9.88 Å². The van der Waals surface area contributed by atoms with Gasteiger partial charge in [0.05, 0.1) is 22.0 Å². The maximum absolute atomic E-state index is 12.1. The van der Waals surface area contributed by atoms with Gasteiger partial charge in [-0.3, -0.25) is 14.9 Å². The summed E-state index contributed by atoms with van der Waals surface area (Å²) in [4.78, 5) is 25.0. The van der Waals surface area contributed by atoms with Crippen molar-refractivity contribution in [1.29, 1.82) is 0 Å². The highest BCUT2D eigenvalue weighted by molar-refractivity contribution is 7.23. The number of nitrogens with one attached hydrogen (secondary N) is 2. The summed E-state index contributed by atoms with van der Waals surface area (Å²) in [5.74, 6) is -0.874. The Kier molecular flexibility index (Phi) is 5.64. The van der Waals surface area contributed by atoms with Crippen LogP contribution in [-0.4, -0.2) is 28.6 Å². The quantitative estimate of drug-likeness (QED) is 0.664. The van der Waals surface area contributed by atoms with Gasteiger partial charge >= 0.3 is 0 Å². The fourth-order valence-corrected chi connectivity index (χ4v) is 3.91. The van der Waals surface area contributed by atoms with Crippen molar-refractivity contribution in [2.45, 2.75) is 0 Å². The van der Waals surface area contributed by atoms with Gasteiger partial charge in [0.25, 0.3) is 5.91 Å². The third-order valence-corrected chi connectivity index (χ3v) is 5.41. The predicted octanol–water partition coefficient (Wildman–Crippen LogP) is 3.94. The molecule has 3 aromatic rings. The smallest absolute Gasteiger partial charge is 0.253 e. The number of anilines is 1. The van der Waals surface area contributed by atoms with Gasteiger partial charge in [-0.25, -0.2) is 0 Å². The van der Waals surface area contributed by atoms with E-state index in [1.807, 2.05) is 17.5 Å². The van der Waals surface area contributed by atoms with E-state index in [-0.39, 0.29) is 17.1 Å². The zero-order chi connectivity index (χ0) is 17.8. The first-order valence-electron chi connectivity index (χ1n) is 6.93. The van der Waals surface area contributed by atoms with Crippen molar-refractivity contribution < 1.29 is 9.59 Å². The normalized spacial score (nSPS) is 10.5. The van der Waals surface area contributed by atoms with Crippen LogP contribution in [0.3, 0.4) is 0 Å².